The van der Waals surface area contributed by atoms with Crippen molar-refractivity contribution in [3.8, 4) is 11.3 Å². The van der Waals surface area contributed by atoms with Gasteiger partial charge < -0.3 is 30.3 Å². The molecule has 266 valence electrons. The van der Waals surface area contributed by atoms with Crippen LogP contribution in [0.1, 0.15) is 98.0 Å². The fourth-order valence-corrected chi connectivity index (χ4v) is 8.61. The molecule has 2 amide bonds. The van der Waals surface area contributed by atoms with Crippen LogP contribution in [0.2, 0.25) is 0 Å². The van der Waals surface area contributed by atoms with Gasteiger partial charge in [0.25, 0.3) is 5.91 Å². The number of aliphatic carboxylic acids is 1. The molecule has 1 aromatic heterocycles. The van der Waals surface area contributed by atoms with Crippen LogP contribution in [0.25, 0.3) is 28.2 Å². The second-order valence-corrected chi connectivity index (χ2v) is 14.4. The molecular weight excluding hydrogens is 640 g/mol. The summed E-state index contributed by atoms with van der Waals surface area (Å²) < 4.78 is 2.45. The second kappa shape index (κ2) is 15.2. The van der Waals surface area contributed by atoms with Crippen LogP contribution in [0.4, 0.5) is 11.4 Å². The number of β-amino-alcohol motifs (C(OH)–C–C–N with tert-alkyl or cyclic N) is 1. The molecule has 9 heteroatoms. The van der Waals surface area contributed by atoms with E-state index >= 15 is 0 Å². The Bertz CT molecular complexity index is 1930. The van der Waals surface area contributed by atoms with Gasteiger partial charge in [0.05, 0.1) is 12.3 Å². The summed E-state index contributed by atoms with van der Waals surface area (Å²) >= 11 is 0. The van der Waals surface area contributed by atoms with E-state index in [0.29, 0.717) is 42.1 Å². The third kappa shape index (κ3) is 7.17. The first-order valence-corrected chi connectivity index (χ1v) is 18.6. The summed E-state index contributed by atoms with van der Waals surface area (Å²) in [6.07, 6.45) is 13.3. The van der Waals surface area contributed by atoms with Crippen molar-refractivity contribution in [1.29, 1.82) is 0 Å². The van der Waals surface area contributed by atoms with E-state index in [4.69, 9.17) is 5.11 Å². The maximum atomic E-state index is 14.2. The van der Waals surface area contributed by atoms with E-state index in [1.807, 2.05) is 12.1 Å². The lowest BCUT2D eigenvalue weighted by Gasteiger charge is -2.29. The van der Waals surface area contributed by atoms with Gasteiger partial charge in [-0.2, -0.15) is 0 Å². The van der Waals surface area contributed by atoms with Crippen LogP contribution < -0.4 is 15.5 Å². The van der Waals surface area contributed by atoms with Crippen molar-refractivity contribution in [2.75, 3.05) is 29.9 Å². The Morgan fingerprint density at radius 1 is 0.863 bits per heavy atom. The van der Waals surface area contributed by atoms with Crippen LogP contribution in [0.15, 0.2) is 72.8 Å². The highest BCUT2D eigenvalue weighted by atomic mass is 16.4. The van der Waals surface area contributed by atoms with Crippen LogP contribution in [0.5, 0.6) is 0 Å². The minimum atomic E-state index is -1.03. The van der Waals surface area contributed by atoms with Gasteiger partial charge in [-0.05, 0) is 92.0 Å². The Balaban J connectivity index is 1.23. The summed E-state index contributed by atoms with van der Waals surface area (Å²) in [6.45, 7) is 2.40. The standard InChI is InChI=1S/C42H48N4O5/c47-27-26-45-24-8-9-25-46-36-28-31(17-20-33(36)38(30-10-2-1-3-11-30)39(46)34-12-4-5-13-35(34)45)40(50)44-42(22-6-7-23-42)41(51)43-32-18-14-29(15-19-32)16-21-37(48)49/h4-5,12-21,28,30,47H,1-3,6-11,22-27H2,(H,43,51)(H,44,50)(H,48,49)/b21-16+. The van der Waals surface area contributed by atoms with Crippen LogP contribution in [0.3, 0.4) is 0 Å². The van der Waals surface area contributed by atoms with E-state index in [1.54, 1.807) is 24.3 Å². The molecule has 2 saturated carbocycles. The highest BCUT2D eigenvalue weighted by molar-refractivity contribution is 6.06. The molecule has 2 fully saturated rings. The van der Waals surface area contributed by atoms with Gasteiger partial charge in [0.15, 0.2) is 0 Å². The first-order chi connectivity index (χ1) is 24.9. The van der Waals surface area contributed by atoms with Gasteiger partial charge in [0.1, 0.15) is 5.54 Å². The summed E-state index contributed by atoms with van der Waals surface area (Å²) in [6, 6.07) is 21.7. The smallest absolute Gasteiger partial charge is 0.328 e. The lowest BCUT2D eigenvalue weighted by molar-refractivity contribution is -0.131. The number of anilines is 2. The summed E-state index contributed by atoms with van der Waals surface area (Å²) in [5, 5.41) is 26.3. The van der Waals surface area contributed by atoms with E-state index in [-0.39, 0.29) is 18.4 Å². The lowest BCUT2D eigenvalue weighted by atomic mass is 9.81. The van der Waals surface area contributed by atoms with E-state index in [0.717, 1.165) is 68.9 Å². The molecule has 0 spiro atoms. The first-order valence-electron chi connectivity index (χ1n) is 18.6. The van der Waals surface area contributed by atoms with Gasteiger partial charge >= 0.3 is 5.97 Å². The molecule has 0 unspecified atom stereocenters. The van der Waals surface area contributed by atoms with Gasteiger partial charge in [-0.25, -0.2) is 4.79 Å². The number of carbonyl (C=O) groups excluding carboxylic acids is 2. The molecule has 4 aromatic rings. The lowest BCUT2D eigenvalue weighted by Crippen LogP contribution is -2.55. The Kier molecular flexibility index (Phi) is 10.3. The molecule has 1 aliphatic heterocycles. The Hall–Kier alpha value is -4.89. The molecule has 7 rings (SSSR count). The molecule has 51 heavy (non-hydrogen) atoms. The minimum absolute atomic E-state index is 0.100. The number of rotatable bonds is 9. The molecule has 0 bridgehead atoms. The van der Waals surface area contributed by atoms with Crippen LogP contribution in [0, 0.1) is 0 Å². The summed E-state index contributed by atoms with van der Waals surface area (Å²) in [5.41, 5.74) is 6.83. The number of aliphatic hydroxyl groups is 1. The number of aryl methyl sites for hydroxylation is 1. The molecule has 4 N–H and O–H groups in total. The predicted octanol–water partition coefficient (Wildman–Crippen LogP) is 7.73. The number of aliphatic hydroxyl groups excluding tert-OH is 1. The highest BCUT2D eigenvalue weighted by Gasteiger charge is 2.43. The summed E-state index contributed by atoms with van der Waals surface area (Å²) in [7, 11) is 0. The number of amides is 2. The minimum Gasteiger partial charge on any atom is -0.478 e. The van der Waals surface area contributed by atoms with Gasteiger partial charge in [-0.3, -0.25) is 9.59 Å². The van der Waals surface area contributed by atoms with Crippen molar-refractivity contribution in [2.24, 2.45) is 0 Å². The number of nitrogens with one attached hydrogen (secondary N) is 2. The monoisotopic (exact) mass is 688 g/mol. The SMILES string of the molecule is O=C(O)/C=C/c1ccc(NC(=O)C2(NC(=O)c3ccc4c(C5CCCCC5)c5n(c4c3)CCCCN(CCO)c3ccccc3-5)CCCC2)cc1. The van der Waals surface area contributed by atoms with Crippen molar-refractivity contribution >= 4 is 46.1 Å². The van der Waals surface area contributed by atoms with E-state index in [9.17, 15) is 19.5 Å². The molecular formula is C42H48N4O5. The first kappa shape index (κ1) is 34.6. The van der Waals surface area contributed by atoms with Crippen molar-refractivity contribution in [3.63, 3.8) is 0 Å². The number of carboxylic acids is 1. The van der Waals surface area contributed by atoms with Gasteiger partial charge in [-0.1, -0.05) is 68.5 Å². The molecule has 0 radical (unpaired) electrons. The van der Waals surface area contributed by atoms with Gasteiger partial charge in [-0.15, -0.1) is 0 Å². The Morgan fingerprint density at radius 2 is 1.61 bits per heavy atom. The topological polar surface area (TPSA) is 124 Å². The second-order valence-electron chi connectivity index (χ2n) is 14.4. The van der Waals surface area contributed by atoms with Gasteiger partial charge in [0.2, 0.25) is 5.91 Å². The molecule has 9 nitrogen and oxygen atoms in total. The highest BCUT2D eigenvalue weighted by Crippen LogP contribution is 2.47. The molecule has 0 atom stereocenters. The Morgan fingerprint density at radius 3 is 2.35 bits per heavy atom. The number of benzene rings is 3. The largest absolute Gasteiger partial charge is 0.478 e. The number of aromatic nitrogens is 1. The van der Waals surface area contributed by atoms with Crippen molar-refractivity contribution in [1.82, 2.24) is 9.88 Å². The van der Waals surface area contributed by atoms with E-state index in [1.165, 1.54) is 47.5 Å². The van der Waals surface area contributed by atoms with E-state index < -0.39 is 11.5 Å². The summed E-state index contributed by atoms with van der Waals surface area (Å²) in [4.78, 5) is 41.2. The molecule has 3 aromatic carbocycles. The van der Waals surface area contributed by atoms with E-state index in [2.05, 4.69) is 50.4 Å². The molecule has 2 heterocycles. The average molecular weight is 689 g/mol. The van der Waals surface area contributed by atoms with Crippen molar-refractivity contribution in [3.05, 3.63) is 89.5 Å². The molecule has 0 saturated heterocycles. The maximum absolute atomic E-state index is 14.2. The normalized spacial score (nSPS) is 17.7. The third-order valence-corrected chi connectivity index (χ3v) is 11.1. The summed E-state index contributed by atoms with van der Waals surface area (Å²) in [5.74, 6) is -1.08. The van der Waals surface area contributed by atoms with Crippen LogP contribution in [-0.4, -0.2) is 57.8 Å². The van der Waals surface area contributed by atoms with Gasteiger partial charge in [0, 0.05) is 59.1 Å². The molecule has 2 aliphatic carbocycles. The van der Waals surface area contributed by atoms with Crippen molar-refractivity contribution < 1.29 is 24.6 Å². The molecule has 3 aliphatic rings. The number of fused-ring (bicyclic) bond motifs is 5. The third-order valence-electron chi connectivity index (χ3n) is 11.1. The number of carbonyl (C=O) groups is 3. The number of para-hydroxylation sites is 1. The number of hydrogen-bond donors (Lipinski definition) is 4. The average Bonchev–Trinajstić information content (AvgIpc) is 3.77. The predicted molar refractivity (Wildman–Crippen MR) is 202 cm³/mol. The fraction of sp³-hybridized carbons (Fsp3) is 0.405. The number of nitrogens with zero attached hydrogens (tertiary/aromatic N) is 2. The number of hydrogen-bond acceptors (Lipinski definition) is 5. The Labute approximate surface area is 299 Å². The quantitative estimate of drug-likeness (QED) is 0.134. The zero-order valence-electron chi connectivity index (χ0n) is 29.2. The number of carboxylic acid groups (broad SMARTS) is 1. The zero-order chi connectivity index (χ0) is 35.4. The maximum Gasteiger partial charge on any atom is 0.328 e. The van der Waals surface area contributed by atoms with Crippen LogP contribution >= 0.6 is 0 Å². The fourth-order valence-electron chi connectivity index (χ4n) is 8.61. The van der Waals surface area contributed by atoms with Crippen LogP contribution in [-0.2, 0) is 16.1 Å². The van der Waals surface area contributed by atoms with Crippen molar-refractivity contribution in [2.45, 2.75) is 88.6 Å². The zero-order valence-corrected chi connectivity index (χ0v) is 29.2.